The van der Waals surface area contributed by atoms with E-state index in [0.717, 1.165) is 30.6 Å². The zero-order valence-electron chi connectivity index (χ0n) is 12.0. The van der Waals surface area contributed by atoms with Crippen LogP contribution in [0.1, 0.15) is 31.2 Å². The predicted molar refractivity (Wildman–Crippen MR) is 78.7 cm³/mol. The van der Waals surface area contributed by atoms with Crippen molar-refractivity contribution in [2.45, 2.75) is 44.4 Å². The molecule has 4 nitrogen and oxygen atoms in total. The molecule has 2 fully saturated rings. The summed E-state index contributed by atoms with van der Waals surface area (Å²) in [5.74, 6) is 0.215. The summed E-state index contributed by atoms with van der Waals surface area (Å²) in [5, 5.41) is 3.47. The van der Waals surface area contributed by atoms with E-state index in [1.807, 2.05) is 29.2 Å². The van der Waals surface area contributed by atoms with Gasteiger partial charge in [0.2, 0.25) is 5.91 Å². The Balaban J connectivity index is 1.79. The third-order valence-electron chi connectivity index (χ3n) is 4.04. The van der Waals surface area contributed by atoms with Crippen LogP contribution in [0.2, 0.25) is 0 Å². The Hall–Kier alpha value is -1.39. The zero-order valence-corrected chi connectivity index (χ0v) is 12.0. The lowest BCUT2D eigenvalue weighted by Crippen LogP contribution is -2.51. The van der Waals surface area contributed by atoms with Gasteiger partial charge in [-0.2, -0.15) is 0 Å². The van der Waals surface area contributed by atoms with Crippen LogP contribution in [0.25, 0.3) is 0 Å². The lowest BCUT2D eigenvalue weighted by molar-refractivity contribution is -0.121. The van der Waals surface area contributed by atoms with Crippen LogP contribution >= 0.6 is 0 Å². The minimum absolute atomic E-state index is 0.00755. The van der Waals surface area contributed by atoms with E-state index in [1.165, 1.54) is 12.8 Å². The molecule has 1 saturated heterocycles. The second-order valence-electron chi connectivity index (χ2n) is 5.69. The van der Waals surface area contributed by atoms with Crippen LogP contribution in [0.5, 0.6) is 0 Å². The Kier molecular flexibility index (Phi) is 4.03. The van der Waals surface area contributed by atoms with E-state index < -0.39 is 0 Å². The van der Waals surface area contributed by atoms with Gasteiger partial charge < -0.3 is 15.0 Å². The van der Waals surface area contributed by atoms with Crippen molar-refractivity contribution in [3.63, 3.8) is 0 Å². The Morgan fingerprint density at radius 1 is 1.30 bits per heavy atom. The Bertz CT molecular complexity index is 485. The van der Waals surface area contributed by atoms with Gasteiger partial charge in [0.25, 0.3) is 0 Å². The van der Waals surface area contributed by atoms with Crippen LogP contribution < -0.4 is 10.2 Å². The van der Waals surface area contributed by atoms with Crippen molar-refractivity contribution in [1.82, 2.24) is 5.32 Å². The van der Waals surface area contributed by atoms with E-state index in [0.29, 0.717) is 12.6 Å². The fourth-order valence-corrected chi connectivity index (χ4v) is 2.86. The third kappa shape index (κ3) is 2.86. The number of carbonyl (C=O) groups excluding carboxylic acids is 1. The summed E-state index contributed by atoms with van der Waals surface area (Å²) < 4.78 is 5.24. The largest absolute Gasteiger partial charge is 0.380 e. The van der Waals surface area contributed by atoms with Gasteiger partial charge in [0, 0.05) is 30.9 Å². The second-order valence-corrected chi connectivity index (χ2v) is 5.69. The first kappa shape index (κ1) is 13.6. The first-order chi connectivity index (χ1) is 9.79. The second kappa shape index (κ2) is 5.94. The summed E-state index contributed by atoms with van der Waals surface area (Å²) in [5.41, 5.74) is 2.08. The maximum Gasteiger partial charge on any atom is 0.244 e. The smallest absolute Gasteiger partial charge is 0.244 e. The summed E-state index contributed by atoms with van der Waals surface area (Å²) in [6, 6.07) is 8.59. The molecule has 1 aliphatic heterocycles. The fourth-order valence-electron chi connectivity index (χ4n) is 2.86. The van der Waals surface area contributed by atoms with E-state index in [9.17, 15) is 4.79 Å². The number of nitrogens with one attached hydrogen (secondary N) is 1. The third-order valence-corrected chi connectivity index (χ3v) is 4.04. The summed E-state index contributed by atoms with van der Waals surface area (Å²) in [6.45, 7) is 1.35. The predicted octanol–water partition coefficient (Wildman–Crippen LogP) is 2.08. The van der Waals surface area contributed by atoms with Gasteiger partial charge in [-0.1, -0.05) is 18.2 Å². The van der Waals surface area contributed by atoms with Crippen LogP contribution in [0, 0.1) is 0 Å². The molecule has 1 unspecified atom stereocenters. The molecular formula is C16H22N2O2. The number of anilines is 1. The van der Waals surface area contributed by atoms with Crippen molar-refractivity contribution in [3.8, 4) is 0 Å². The molecule has 1 heterocycles. The SMILES string of the molecule is COCc1ccccc1N1CCCC(NC2CC2)C1=O. The molecule has 1 saturated carbocycles. The number of amides is 1. The van der Waals surface area contributed by atoms with Crippen LogP contribution in [-0.4, -0.2) is 31.6 Å². The average molecular weight is 274 g/mol. The number of carbonyl (C=O) groups is 1. The van der Waals surface area contributed by atoms with E-state index in [4.69, 9.17) is 4.74 Å². The van der Waals surface area contributed by atoms with Gasteiger partial charge in [-0.3, -0.25) is 4.79 Å². The number of hydrogen-bond acceptors (Lipinski definition) is 3. The standard InChI is InChI=1S/C16H22N2O2/c1-20-11-12-5-2-3-7-15(12)18-10-4-6-14(16(18)19)17-13-8-9-13/h2-3,5,7,13-14,17H,4,6,8-11H2,1H3. The summed E-state index contributed by atoms with van der Waals surface area (Å²) in [7, 11) is 1.69. The number of benzene rings is 1. The molecule has 1 aromatic rings. The quantitative estimate of drug-likeness (QED) is 0.894. The van der Waals surface area contributed by atoms with Crippen molar-refractivity contribution in [2.24, 2.45) is 0 Å². The monoisotopic (exact) mass is 274 g/mol. The number of piperidine rings is 1. The van der Waals surface area contributed by atoms with Crippen molar-refractivity contribution in [1.29, 1.82) is 0 Å². The Morgan fingerprint density at radius 3 is 2.85 bits per heavy atom. The van der Waals surface area contributed by atoms with Gasteiger partial charge in [-0.25, -0.2) is 0 Å². The molecule has 0 aromatic heterocycles. The maximum absolute atomic E-state index is 12.7. The summed E-state index contributed by atoms with van der Waals surface area (Å²) in [4.78, 5) is 14.6. The average Bonchev–Trinajstić information content (AvgIpc) is 3.27. The first-order valence-electron chi connectivity index (χ1n) is 7.44. The number of rotatable bonds is 5. The zero-order chi connectivity index (χ0) is 13.9. The number of para-hydroxylation sites is 1. The number of nitrogens with zero attached hydrogens (tertiary/aromatic N) is 1. The molecule has 4 heteroatoms. The highest BCUT2D eigenvalue weighted by atomic mass is 16.5. The number of methoxy groups -OCH3 is 1. The summed E-state index contributed by atoms with van der Waals surface area (Å²) >= 11 is 0. The van der Waals surface area contributed by atoms with Gasteiger partial charge in [0.05, 0.1) is 12.6 Å². The van der Waals surface area contributed by atoms with Gasteiger partial charge >= 0.3 is 0 Å². The van der Waals surface area contributed by atoms with Crippen LogP contribution in [0.4, 0.5) is 5.69 Å². The van der Waals surface area contributed by atoms with E-state index in [1.54, 1.807) is 7.11 Å². The molecule has 1 aliphatic carbocycles. The molecule has 3 rings (SSSR count). The van der Waals surface area contributed by atoms with E-state index in [-0.39, 0.29) is 11.9 Å². The van der Waals surface area contributed by atoms with Crippen molar-refractivity contribution in [2.75, 3.05) is 18.6 Å². The van der Waals surface area contributed by atoms with Crippen molar-refractivity contribution >= 4 is 11.6 Å². The van der Waals surface area contributed by atoms with Gasteiger partial charge in [-0.15, -0.1) is 0 Å². The Labute approximate surface area is 120 Å². The first-order valence-corrected chi connectivity index (χ1v) is 7.44. The summed E-state index contributed by atoms with van der Waals surface area (Å²) in [6.07, 6.45) is 4.43. The fraction of sp³-hybridized carbons (Fsp3) is 0.562. The molecule has 2 aliphatic rings. The highest BCUT2D eigenvalue weighted by molar-refractivity contribution is 5.98. The van der Waals surface area contributed by atoms with Crippen molar-refractivity contribution < 1.29 is 9.53 Å². The molecule has 0 bridgehead atoms. The molecule has 0 radical (unpaired) electrons. The maximum atomic E-state index is 12.7. The van der Waals surface area contributed by atoms with E-state index in [2.05, 4.69) is 5.32 Å². The van der Waals surface area contributed by atoms with Gasteiger partial charge in [0.1, 0.15) is 0 Å². The lowest BCUT2D eigenvalue weighted by Gasteiger charge is -2.34. The van der Waals surface area contributed by atoms with E-state index >= 15 is 0 Å². The highest BCUT2D eigenvalue weighted by Crippen LogP contribution is 2.27. The van der Waals surface area contributed by atoms with Gasteiger partial charge in [0.15, 0.2) is 0 Å². The molecule has 0 spiro atoms. The molecule has 1 amide bonds. The van der Waals surface area contributed by atoms with Gasteiger partial charge in [-0.05, 0) is 31.7 Å². The van der Waals surface area contributed by atoms with Crippen LogP contribution in [0.3, 0.4) is 0 Å². The molecule has 1 aromatic carbocycles. The molecule has 1 atom stereocenters. The molecule has 20 heavy (non-hydrogen) atoms. The van der Waals surface area contributed by atoms with Crippen molar-refractivity contribution in [3.05, 3.63) is 29.8 Å². The number of ether oxygens (including phenoxy) is 1. The minimum Gasteiger partial charge on any atom is -0.380 e. The molecule has 1 N–H and O–H groups in total. The number of hydrogen-bond donors (Lipinski definition) is 1. The molecular weight excluding hydrogens is 252 g/mol. The Morgan fingerprint density at radius 2 is 2.10 bits per heavy atom. The van der Waals surface area contributed by atoms with Crippen LogP contribution in [0.15, 0.2) is 24.3 Å². The highest BCUT2D eigenvalue weighted by Gasteiger charge is 2.34. The van der Waals surface area contributed by atoms with Crippen LogP contribution in [-0.2, 0) is 16.1 Å². The minimum atomic E-state index is -0.00755. The lowest BCUT2D eigenvalue weighted by atomic mass is 10.0. The molecule has 108 valence electrons. The topological polar surface area (TPSA) is 41.6 Å². The normalized spacial score (nSPS) is 23.1.